The fraction of sp³-hybridized carbons (Fsp3) is 1.00. The van der Waals surface area contributed by atoms with Crippen LogP contribution in [-0.4, -0.2) is 38.3 Å². The van der Waals surface area contributed by atoms with E-state index in [4.69, 9.17) is 4.74 Å². The summed E-state index contributed by atoms with van der Waals surface area (Å²) < 4.78 is 5.56. The Morgan fingerprint density at radius 1 is 1.42 bits per heavy atom. The van der Waals surface area contributed by atoms with Crippen molar-refractivity contribution in [3.8, 4) is 0 Å². The van der Waals surface area contributed by atoms with Gasteiger partial charge in [0.1, 0.15) is 0 Å². The van der Waals surface area contributed by atoms with E-state index in [1.807, 2.05) is 11.8 Å². The number of rotatable bonds is 5. The molecule has 1 N–H and O–H groups in total. The highest BCUT2D eigenvalue weighted by Crippen LogP contribution is 2.11. The van der Waals surface area contributed by atoms with Crippen LogP contribution in [0.2, 0.25) is 0 Å². The maximum absolute atomic E-state index is 5.56. The van der Waals surface area contributed by atoms with Gasteiger partial charge < -0.3 is 10.1 Å². The summed E-state index contributed by atoms with van der Waals surface area (Å²) >= 11 is 1.85. The van der Waals surface area contributed by atoms with Crippen molar-refractivity contribution in [2.45, 2.75) is 12.8 Å². The molecule has 1 saturated heterocycles. The molecule has 1 heterocycles. The van der Waals surface area contributed by atoms with Crippen LogP contribution in [-0.2, 0) is 4.74 Å². The van der Waals surface area contributed by atoms with E-state index in [0.717, 1.165) is 24.9 Å². The fourth-order valence-electron chi connectivity index (χ4n) is 1.44. The quantitative estimate of drug-likeness (QED) is 0.660. The molecule has 0 spiro atoms. The second-order valence-corrected chi connectivity index (χ2v) is 4.25. The van der Waals surface area contributed by atoms with Crippen LogP contribution in [0.1, 0.15) is 12.8 Å². The lowest BCUT2D eigenvalue weighted by atomic mass is 9.99. The molecule has 1 aliphatic heterocycles. The Balaban J connectivity index is 1.91. The second-order valence-electron chi connectivity index (χ2n) is 3.26. The van der Waals surface area contributed by atoms with Crippen molar-refractivity contribution in [2.24, 2.45) is 5.92 Å². The van der Waals surface area contributed by atoms with E-state index in [9.17, 15) is 0 Å². The van der Waals surface area contributed by atoms with E-state index in [2.05, 4.69) is 11.6 Å². The van der Waals surface area contributed by atoms with Gasteiger partial charge in [0, 0.05) is 12.4 Å². The van der Waals surface area contributed by atoms with Gasteiger partial charge >= 0.3 is 0 Å². The molecule has 72 valence electrons. The van der Waals surface area contributed by atoms with Crippen LogP contribution in [0.4, 0.5) is 0 Å². The maximum atomic E-state index is 5.56. The predicted octanol–water partition coefficient (Wildman–Crippen LogP) is 1.37. The number of nitrogens with one attached hydrogen (secondary N) is 1. The van der Waals surface area contributed by atoms with Crippen LogP contribution in [0.25, 0.3) is 0 Å². The second kappa shape index (κ2) is 6.75. The van der Waals surface area contributed by atoms with Gasteiger partial charge in [-0.15, -0.1) is 0 Å². The summed E-state index contributed by atoms with van der Waals surface area (Å²) in [6.45, 7) is 4.25. The fourth-order valence-corrected chi connectivity index (χ4v) is 1.73. The summed E-state index contributed by atoms with van der Waals surface area (Å²) in [7, 11) is 0. The Hall–Kier alpha value is 0.270. The molecule has 0 unspecified atom stereocenters. The lowest BCUT2D eigenvalue weighted by molar-refractivity contribution is 0.0996. The van der Waals surface area contributed by atoms with Crippen LogP contribution >= 0.6 is 11.8 Å². The topological polar surface area (TPSA) is 21.3 Å². The number of thioether (sulfide) groups is 1. The Kier molecular flexibility index (Phi) is 5.82. The van der Waals surface area contributed by atoms with Crippen LogP contribution in [0.15, 0.2) is 0 Å². The van der Waals surface area contributed by atoms with E-state index in [-0.39, 0.29) is 0 Å². The third-order valence-corrected chi connectivity index (χ3v) is 2.82. The summed E-state index contributed by atoms with van der Waals surface area (Å²) in [6, 6.07) is 0. The molecule has 0 atom stereocenters. The van der Waals surface area contributed by atoms with Crippen LogP contribution in [0.3, 0.4) is 0 Å². The van der Waals surface area contributed by atoms with Crippen molar-refractivity contribution >= 4 is 11.8 Å². The predicted molar refractivity (Wildman–Crippen MR) is 54.8 cm³/mol. The van der Waals surface area contributed by atoms with Crippen LogP contribution in [0.5, 0.6) is 0 Å². The SMILES string of the molecule is CSCCOCC1CCNCC1. The number of hydrogen-bond acceptors (Lipinski definition) is 3. The van der Waals surface area contributed by atoms with Gasteiger partial charge in [-0.1, -0.05) is 0 Å². The molecular formula is C9H19NOS. The lowest BCUT2D eigenvalue weighted by Gasteiger charge is -2.22. The first-order chi connectivity index (χ1) is 5.93. The highest BCUT2D eigenvalue weighted by atomic mass is 32.2. The Labute approximate surface area is 79.4 Å². The molecule has 0 saturated carbocycles. The Morgan fingerprint density at radius 3 is 2.83 bits per heavy atom. The van der Waals surface area contributed by atoms with Crippen molar-refractivity contribution in [3.63, 3.8) is 0 Å². The monoisotopic (exact) mass is 189 g/mol. The molecule has 1 aliphatic rings. The van der Waals surface area contributed by atoms with E-state index >= 15 is 0 Å². The zero-order chi connectivity index (χ0) is 8.65. The molecule has 0 amide bonds. The van der Waals surface area contributed by atoms with Crippen molar-refractivity contribution < 1.29 is 4.74 Å². The molecule has 0 aliphatic carbocycles. The largest absolute Gasteiger partial charge is 0.380 e. The first-order valence-electron chi connectivity index (χ1n) is 4.71. The number of piperidine rings is 1. The highest BCUT2D eigenvalue weighted by Gasteiger charge is 2.12. The van der Waals surface area contributed by atoms with Gasteiger partial charge in [-0.25, -0.2) is 0 Å². The van der Waals surface area contributed by atoms with Gasteiger partial charge in [0.05, 0.1) is 6.61 Å². The Bertz CT molecular complexity index is 105. The molecule has 0 aromatic carbocycles. The number of hydrogen-bond donors (Lipinski definition) is 1. The van der Waals surface area contributed by atoms with Gasteiger partial charge in [-0.3, -0.25) is 0 Å². The summed E-state index contributed by atoms with van der Waals surface area (Å²) in [5.41, 5.74) is 0. The van der Waals surface area contributed by atoms with Crippen molar-refractivity contribution in [2.75, 3.05) is 38.3 Å². The van der Waals surface area contributed by atoms with E-state index in [1.54, 1.807) is 0 Å². The molecule has 1 rings (SSSR count). The summed E-state index contributed by atoms with van der Waals surface area (Å²) in [5.74, 6) is 1.94. The smallest absolute Gasteiger partial charge is 0.0556 e. The molecule has 12 heavy (non-hydrogen) atoms. The molecule has 0 radical (unpaired) electrons. The van der Waals surface area contributed by atoms with Gasteiger partial charge in [0.2, 0.25) is 0 Å². The minimum absolute atomic E-state index is 0.813. The van der Waals surface area contributed by atoms with Crippen molar-refractivity contribution in [3.05, 3.63) is 0 Å². The normalized spacial score (nSPS) is 19.8. The van der Waals surface area contributed by atoms with Crippen LogP contribution in [0, 0.1) is 5.92 Å². The highest BCUT2D eigenvalue weighted by molar-refractivity contribution is 7.98. The molecule has 0 aromatic rings. The summed E-state index contributed by atoms with van der Waals surface area (Å²) in [5, 5.41) is 3.36. The zero-order valence-corrected chi connectivity index (χ0v) is 8.66. The van der Waals surface area contributed by atoms with E-state index in [0.29, 0.717) is 0 Å². The first kappa shape index (κ1) is 10.4. The Morgan fingerprint density at radius 2 is 2.17 bits per heavy atom. The molecule has 1 fully saturated rings. The minimum Gasteiger partial charge on any atom is -0.380 e. The van der Waals surface area contributed by atoms with E-state index < -0.39 is 0 Å². The minimum atomic E-state index is 0.813. The summed E-state index contributed by atoms with van der Waals surface area (Å²) in [4.78, 5) is 0. The molecule has 3 heteroatoms. The van der Waals surface area contributed by atoms with Crippen LogP contribution < -0.4 is 5.32 Å². The third-order valence-electron chi connectivity index (χ3n) is 2.24. The van der Waals surface area contributed by atoms with Gasteiger partial charge in [-0.2, -0.15) is 11.8 Å². The average Bonchev–Trinajstić information content (AvgIpc) is 2.14. The van der Waals surface area contributed by atoms with Gasteiger partial charge in [0.15, 0.2) is 0 Å². The van der Waals surface area contributed by atoms with E-state index in [1.165, 1.54) is 25.9 Å². The maximum Gasteiger partial charge on any atom is 0.0556 e. The van der Waals surface area contributed by atoms with Gasteiger partial charge in [0.25, 0.3) is 0 Å². The zero-order valence-electron chi connectivity index (χ0n) is 7.84. The van der Waals surface area contributed by atoms with Crippen molar-refractivity contribution in [1.82, 2.24) is 5.32 Å². The molecule has 2 nitrogen and oxygen atoms in total. The van der Waals surface area contributed by atoms with Crippen molar-refractivity contribution in [1.29, 1.82) is 0 Å². The molecule has 0 aromatic heterocycles. The first-order valence-corrected chi connectivity index (χ1v) is 6.10. The van der Waals surface area contributed by atoms with Gasteiger partial charge in [-0.05, 0) is 38.1 Å². The molecular weight excluding hydrogens is 170 g/mol. The lowest BCUT2D eigenvalue weighted by Crippen LogP contribution is -2.30. The third kappa shape index (κ3) is 4.33. The summed E-state index contributed by atoms with van der Waals surface area (Å²) in [6.07, 6.45) is 4.70. The number of ether oxygens (including phenoxy) is 1. The average molecular weight is 189 g/mol. The molecule has 0 bridgehead atoms. The standard InChI is InChI=1S/C9H19NOS/c1-12-7-6-11-8-9-2-4-10-5-3-9/h9-10H,2-8H2,1H3.